The highest BCUT2D eigenvalue weighted by atomic mass is 32.1. The van der Waals surface area contributed by atoms with Gasteiger partial charge in [0, 0.05) is 40.1 Å². The predicted octanol–water partition coefficient (Wildman–Crippen LogP) is 5.66. The number of hydrogen-bond donors (Lipinski definition) is 0. The number of hydrogen-bond acceptors (Lipinski definition) is 3. The molecular weight excluding hydrogens is 326 g/mol. The van der Waals surface area contributed by atoms with E-state index < -0.39 is 0 Å². The average molecular weight is 339 g/mol. The second-order valence-corrected chi connectivity index (χ2v) is 7.51. The average Bonchev–Trinajstić information content (AvgIpc) is 3.29. The Bertz CT molecular complexity index is 1390. The van der Waals surface area contributed by atoms with Crippen molar-refractivity contribution in [2.45, 2.75) is 6.92 Å². The molecule has 118 valence electrons. The Labute approximate surface area is 147 Å². The lowest BCUT2D eigenvalue weighted by atomic mass is 10.1. The Morgan fingerprint density at radius 3 is 2.64 bits per heavy atom. The van der Waals surface area contributed by atoms with E-state index in [9.17, 15) is 0 Å². The third kappa shape index (κ3) is 1.64. The first kappa shape index (κ1) is 13.3. The molecule has 3 nitrogen and oxygen atoms in total. The fourth-order valence-electron chi connectivity index (χ4n) is 3.86. The monoisotopic (exact) mass is 339 g/mol. The molecule has 0 spiro atoms. The van der Waals surface area contributed by atoms with Gasteiger partial charge in [-0.15, -0.1) is 11.3 Å². The summed E-state index contributed by atoms with van der Waals surface area (Å²) in [5.41, 5.74) is 4.83. The van der Waals surface area contributed by atoms with Crippen LogP contribution in [-0.2, 0) is 0 Å². The van der Waals surface area contributed by atoms with Crippen LogP contribution in [0.15, 0.2) is 61.1 Å². The van der Waals surface area contributed by atoms with E-state index in [2.05, 4.69) is 51.6 Å². The second-order valence-electron chi connectivity index (χ2n) is 6.48. The minimum Gasteiger partial charge on any atom is -0.299 e. The van der Waals surface area contributed by atoms with Crippen LogP contribution in [0, 0.1) is 6.92 Å². The molecule has 5 heterocycles. The van der Waals surface area contributed by atoms with Gasteiger partial charge in [0.25, 0.3) is 0 Å². The number of rotatable bonds is 1. The zero-order chi connectivity index (χ0) is 16.5. The van der Waals surface area contributed by atoms with Crippen LogP contribution in [0.5, 0.6) is 0 Å². The highest BCUT2D eigenvalue weighted by Crippen LogP contribution is 2.43. The molecule has 1 aromatic carbocycles. The smallest absolute Gasteiger partial charge is 0.109 e. The molecule has 0 bridgehead atoms. The van der Waals surface area contributed by atoms with Gasteiger partial charge in [-0.1, -0.05) is 17.7 Å². The summed E-state index contributed by atoms with van der Waals surface area (Å²) in [5.74, 6) is 0. The molecule has 0 unspecified atom stereocenters. The SMILES string of the molecule is Cc1ccc2c(c1)c1cncc3c4cc(-c5ccccn5)sc4n2c13. The van der Waals surface area contributed by atoms with Crippen molar-refractivity contribution in [2.75, 3.05) is 0 Å². The lowest BCUT2D eigenvalue weighted by Gasteiger charge is -1.96. The molecule has 0 radical (unpaired) electrons. The molecule has 0 saturated carbocycles. The lowest BCUT2D eigenvalue weighted by Crippen LogP contribution is -1.78. The van der Waals surface area contributed by atoms with Gasteiger partial charge in [-0.05, 0) is 37.3 Å². The Morgan fingerprint density at radius 2 is 1.80 bits per heavy atom. The number of fused-ring (bicyclic) bond motifs is 6. The molecule has 6 rings (SSSR count). The number of benzene rings is 1. The van der Waals surface area contributed by atoms with E-state index in [1.807, 2.05) is 30.7 Å². The molecule has 0 fully saturated rings. The Kier molecular flexibility index (Phi) is 2.43. The molecule has 6 aromatic rings. The van der Waals surface area contributed by atoms with E-state index in [0.717, 1.165) is 5.69 Å². The molecule has 0 aliphatic heterocycles. The molecule has 25 heavy (non-hydrogen) atoms. The minimum atomic E-state index is 1.02. The quantitative estimate of drug-likeness (QED) is 0.387. The number of aryl methyl sites for hydroxylation is 1. The lowest BCUT2D eigenvalue weighted by molar-refractivity contribution is 1.34. The van der Waals surface area contributed by atoms with Gasteiger partial charge in [0.2, 0.25) is 0 Å². The summed E-state index contributed by atoms with van der Waals surface area (Å²) in [6.45, 7) is 2.14. The van der Waals surface area contributed by atoms with E-state index in [4.69, 9.17) is 0 Å². The van der Waals surface area contributed by atoms with Crippen molar-refractivity contribution in [3.05, 3.63) is 66.6 Å². The van der Waals surface area contributed by atoms with Crippen molar-refractivity contribution >= 4 is 48.7 Å². The predicted molar refractivity (Wildman–Crippen MR) is 105 cm³/mol. The van der Waals surface area contributed by atoms with Gasteiger partial charge < -0.3 is 0 Å². The van der Waals surface area contributed by atoms with E-state index in [1.165, 1.54) is 47.8 Å². The van der Waals surface area contributed by atoms with Crippen molar-refractivity contribution in [1.82, 2.24) is 14.4 Å². The Morgan fingerprint density at radius 1 is 0.920 bits per heavy atom. The van der Waals surface area contributed by atoms with Crippen molar-refractivity contribution in [2.24, 2.45) is 0 Å². The maximum atomic E-state index is 4.53. The molecule has 0 saturated heterocycles. The third-order valence-electron chi connectivity index (χ3n) is 4.95. The van der Waals surface area contributed by atoms with E-state index in [0.29, 0.717) is 0 Å². The number of aromatic nitrogens is 3. The van der Waals surface area contributed by atoms with Gasteiger partial charge in [0.1, 0.15) is 4.83 Å². The maximum Gasteiger partial charge on any atom is 0.109 e. The van der Waals surface area contributed by atoms with Gasteiger partial charge in [0.15, 0.2) is 0 Å². The molecule has 0 amide bonds. The van der Waals surface area contributed by atoms with Crippen LogP contribution >= 0.6 is 11.3 Å². The summed E-state index contributed by atoms with van der Waals surface area (Å²) >= 11 is 1.80. The van der Waals surface area contributed by atoms with Crippen LogP contribution < -0.4 is 0 Å². The molecule has 0 aliphatic rings. The van der Waals surface area contributed by atoms with Gasteiger partial charge >= 0.3 is 0 Å². The standard InChI is InChI=1S/C21H13N3S/c1-12-5-6-18-13(8-12)15-10-22-11-16-14-9-19(17-4-2-3-7-23-17)25-21(14)24(18)20(15)16/h2-11H,1H3. The van der Waals surface area contributed by atoms with Gasteiger partial charge in [-0.25, -0.2) is 0 Å². The van der Waals surface area contributed by atoms with Crippen LogP contribution in [-0.4, -0.2) is 14.4 Å². The van der Waals surface area contributed by atoms with E-state index in [-0.39, 0.29) is 0 Å². The van der Waals surface area contributed by atoms with Gasteiger partial charge in [-0.2, -0.15) is 0 Å². The molecule has 5 aromatic heterocycles. The minimum absolute atomic E-state index is 1.02. The summed E-state index contributed by atoms with van der Waals surface area (Å²) < 4.78 is 2.40. The summed E-state index contributed by atoms with van der Waals surface area (Å²) in [6.07, 6.45) is 5.83. The Hall–Kier alpha value is -2.98. The number of nitrogens with zero attached hydrogens (tertiary/aromatic N) is 3. The van der Waals surface area contributed by atoms with Crippen LogP contribution in [0.2, 0.25) is 0 Å². The van der Waals surface area contributed by atoms with Crippen molar-refractivity contribution in [1.29, 1.82) is 0 Å². The highest BCUT2D eigenvalue weighted by molar-refractivity contribution is 7.22. The van der Waals surface area contributed by atoms with Crippen molar-refractivity contribution in [3.63, 3.8) is 0 Å². The topological polar surface area (TPSA) is 30.2 Å². The van der Waals surface area contributed by atoms with Crippen LogP contribution in [0.4, 0.5) is 0 Å². The second kappa shape index (κ2) is 4.55. The summed E-state index contributed by atoms with van der Waals surface area (Å²) in [5, 5.41) is 5.00. The fourth-order valence-corrected chi connectivity index (χ4v) is 5.03. The third-order valence-corrected chi connectivity index (χ3v) is 6.09. The zero-order valence-corrected chi connectivity index (χ0v) is 14.3. The van der Waals surface area contributed by atoms with Crippen molar-refractivity contribution in [3.8, 4) is 10.6 Å². The largest absolute Gasteiger partial charge is 0.299 e. The first-order valence-electron chi connectivity index (χ1n) is 8.26. The fraction of sp³-hybridized carbons (Fsp3) is 0.0476. The normalized spacial score (nSPS) is 12.2. The maximum absolute atomic E-state index is 4.53. The van der Waals surface area contributed by atoms with Gasteiger partial charge in [0.05, 0.1) is 21.6 Å². The first-order chi connectivity index (χ1) is 12.3. The van der Waals surface area contributed by atoms with Crippen LogP contribution in [0.25, 0.3) is 48.0 Å². The zero-order valence-electron chi connectivity index (χ0n) is 13.5. The number of pyridine rings is 2. The summed E-state index contributed by atoms with van der Waals surface area (Å²) in [7, 11) is 0. The summed E-state index contributed by atoms with van der Waals surface area (Å²) in [6, 6.07) is 15.0. The Balaban J connectivity index is 1.83. The van der Waals surface area contributed by atoms with E-state index in [1.54, 1.807) is 11.3 Å². The summed E-state index contributed by atoms with van der Waals surface area (Å²) in [4.78, 5) is 11.5. The van der Waals surface area contributed by atoms with E-state index >= 15 is 0 Å². The van der Waals surface area contributed by atoms with Crippen molar-refractivity contribution < 1.29 is 0 Å². The molecule has 4 heteroatoms. The first-order valence-corrected chi connectivity index (χ1v) is 9.08. The highest BCUT2D eigenvalue weighted by Gasteiger charge is 2.20. The molecule has 0 atom stereocenters. The van der Waals surface area contributed by atoms with Crippen LogP contribution in [0.1, 0.15) is 5.56 Å². The molecule has 0 N–H and O–H groups in total. The van der Waals surface area contributed by atoms with Crippen LogP contribution in [0.3, 0.4) is 0 Å². The number of thiophene rings is 1. The molecule has 0 aliphatic carbocycles. The molecular formula is C21H13N3S. The van der Waals surface area contributed by atoms with Gasteiger partial charge in [-0.3, -0.25) is 14.4 Å².